The van der Waals surface area contributed by atoms with Crippen molar-refractivity contribution >= 4 is 11.6 Å². The van der Waals surface area contributed by atoms with Crippen molar-refractivity contribution in [2.24, 2.45) is 12.9 Å². The summed E-state index contributed by atoms with van der Waals surface area (Å²) in [5.74, 6) is 6.44. The number of rotatable bonds is 4. The molecular weight excluding hydrogens is 252 g/mol. The molecule has 0 aromatic carbocycles. The quantitative estimate of drug-likeness (QED) is 0.658. The van der Waals surface area contributed by atoms with Gasteiger partial charge in [-0.05, 0) is 25.5 Å². The normalized spacial score (nSPS) is 12.9. The Labute approximate surface area is 111 Å². The number of halogens is 1. The zero-order valence-corrected chi connectivity index (χ0v) is 11.5. The van der Waals surface area contributed by atoms with Crippen LogP contribution in [0.5, 0.6) is 0 Å². The van der Waals surface area contributed by atoms with Crippen molar-refractivity contribution in [1.29, 1.82) is 0 Å². The Morgan fingerprint density at radius 1 is 1.56 bits per heavy atom. The van der Waals surface area contributed by atoms with Crippen LogP contribution in [0.1, 0.15) is 28.6 Å². The molecule has 0 spiro atoms. The van der Waals surface area contributed by atoms with Gasteiger partial charge in [-0.3, -0.25) is 10.5 Å². The van der Waals surface area contributed by atoms with Gasteiger partial charge >= 0.3 is 0 Å². The molecule has 3 N–H and O–H groups in total. The summed E-state index contributed by atoms with van der Waals surface area (Å²) in [4.78, 5) is 0. The number of nitrogens with two attached hydrogens (primary N) is 1. The largest absolute Gasteiger partial charge is 0.467 e. The van der Waals surface area contributed by atoms with E-state index < -0.39 is 0 Å². The third-order valence-corrected chi connectivity index (χ3v) is 3.57. The van der Waals surface area contributed by atoms with Gasteiger partial charge in [0.1, 0.15) is 10.9 Å². The summed E-state index contributed by atoms with van der Waals surface area (Å²) in [7, 11) is 1.82. The Morgan fingerprint density at radius 2 is 2.28 bits per heavy atom. The van der Waals surface area contributed by atoms with Gasteiger partial charge in [0.15, 0.2) is 0 Å². The Morgan fingerprint density at radius 3 is 2.72 bits per heavy atom. The van der Waals surface area contributed by atoms with Crippen molar-refractivity contribution in [3.8, 4) is 0 Å². The van der Waals surface area contributed by atoms with E-state index >= 15 is 0 Å². The number of aromatic nitrogens is 2. The average molecular weight is 269 g/mol. The summed E-state index contributed by atoms with van der Waals surface area (Å²) in [6.07, 6.45) is 2.30. The maximum absolute atomic E-state index is 6.22. The third-order valence-electron chi connectivity index (χ3n) is 3.10. The second-order valence-corrected chi connectivity index (χ2v) is 4.73. The molecule has 0 aliphatic rings. The molecule has 0 aliphatic carbocycles. The third kappa shape index (κ3) is 2.29. The van der Waals surface area contributed by atoms with Crippen LogP contribution in [0, 0.1) is 13.8 Å². The van der Waals surface area contributed by atoms with E-state index in [0.29, 0.717) is 11.6 Å². The first-order valence-electron chi connectivity index (χ1n) is 5.72. The molecule has 2 aromatic rings. The number of hydrogen-bond donors (Lipinski definition) is 2. The highest BCUT2D eigenvalue weighted by Gasteiger charge is 2.21. The van der Waals surface area contributed by atoms with Gasteiger partial charge in [-0.2, -0.15) is 5.10 Å². The monoisotopic (exact) mass is 268 g/mol. The summed E-state index contributed by atoms with van der Waals surface area (Å²) in [6, 6.07) is 1.80. The van der Waals surface area contributed by atoms with Crippen molar-refractivity contribution in [3.63, 3.8) is 0 Å². The van der Waals surface area contributed by atoms with Crippen LogP contribution in [0.25, 0.3) is 0 Å². The number of nitrogens with one attached hydrogen (secondary N) is 1. The van der Waals surface area contributed by atoms with E-state index in [1.165, 1.54) is 0 Å². The van der Waals surface area contributed by atoms with Crippen molar-refractivity contribution in [2.45, 2.75) is 26.3 Å². The van der Waals surface area contributed by atoms with Gasteiger partial charge in [0.25, 0.3) is 0 Å². The maximum Gasteiger partial charge on any atom is 0.130 e. The summed E-state index contributed by atoms with van der Waals surface area (Å²) >= 11 is 6.22. The fraction of sp³-hybridized carbons (Fsp3) is 0.417. The second-order valence-electron chi connectivity index (χ2n) is 4.37. The molecule has 2 rings (SSSR count). The van der Waals surface area contributed by atoms with Gasteiger partial charge in [0, 0.05) is 19.0 Å². The van der Waals surface area contributed by atoms with Crippen LogP contribution in [0.2, 0.25) is 5.15 Å². The van der Waals surface area contributed by atoms with Crippen LogP contribution in [0.3, 0.4) is 0 Å². The van der Waals surface area contributed by atoms with Gasteiger partial charge in [-0.15, -0.1) is 0 Å². The molecule has 0 bridgehead atoms. The zero-order valence-electron chi connectivity index (χ0n) is 10.7. The first-order valence-corrected chi connectivity index (χ1v) is 6.10. The van der Waals surface area contributed by atoms with Crippen LogP contribution in [0.15, 0.2) is 16.7 Å². The average Bonchev–Trinajstić information content (AvgIpc) is 2.84. The highest BCUT2D eigenvalue weighted by atomic mass is 35.5. The van der Waals surface area contributed by atoms with Crippen molar-refractivity contribution in [1.82, 2.24) is 15.2 Å². The molecule has 5 nitrogen and oxygen atoms in total. The maximum atomic E-state index is 6.22. The van der Waals surface area contributed by atoms with Crippen LogP contribution < -0.4 is 11.3 Å². The first-order chi connectivity index (χ1) is 8.54. The Bertz CT molecular complexity index is 546. The minimum absolute atomic E-state index is 0.111. The molecule has 0 amide bonds. The molecule has 0 aliphatic heterocycles. The van der Waals surface area contributed by atoms with E-state index in [-0.39, 0.29) is 6.04 Å². The van der Waals surface area contributed by atoms with Gasteiger partial charge in [-0.1, -0.05) is 11.6 Å². The van der Waals surface area contributed by atoms with E-state index in [0.717, 1.165) is 22.6 Å². The molecule has 6 heteroatoms. The first kappa shape index (κ1) is 13.1. The fourth-order valence-electron chi connectivity index (χ4n) is 2.08. The predicted molar refractivity (Wildman–Crippen MR) is 70.2 cm³/mol. The SMILES string of the molecule is Cc1ccoc1C(Cc1c(C)nn(C)c1Cl)NN. The lowest BCUT2D eigenvalue weighted by Crippen LogP contribution is -2.29. The lowest BCUT2D eigenvalue weighted by molar-refractivity contribution is 0.413. The lowest BCUT2D eigenvalue weighted by atomic mass is 10.0. The summed E-state index contributed by atoms with van der Waals surface area (Å²) < 4.78 is 7.12. The molecule has 2 aromatic heterocycles. The molecule has 2 heterocycles. The summed E-state index contributed by atoms with van der Waals surface area (Å²) in [6.45, 7) is 3.92. The Hall–Kier alpha value is -1.30. The van der Waals surface area contributed by atoms with Crippen molar-refractivity contribution in [2.75, 3.05) is 0 Å². The van der Waals surface area contributed by atoms with E-state index in [2.05, 4.69) is 10.5 Å². The number of furan rings is 1. The van der Waals surface area contributed by atoms with Crippen LogP contribution in [-0.4, -0.2) is 9.78 Å². The molecular formula is C12H17ClN4O. The van der Waals surface area contributed by atoms with Crippen molar-refractivity contribution in [3.05, 3.63) is 40.1 Å². The number of hydrazine groups is 1. The molecule has 18 heavy (non-hydrogen) atoms. The molecule has 0 fully saturated rings. The van der Waals surface area contributed by atoms with Crippen LogP contribution in [-0.2, 0) is 13.5 Å². The smallest absolute Gasteiger partial charge is 0.130 e. The van der Waals surface area contributed by atoms with Gasteiger partial charge < -0.3 is 4.42 Å². The summed E-state index contributed by atoms with van der Waals surface area (Å²) in [5.41, 5.74) is 5.73. The molecule has 1 unspecified atom stereocenters. The van der Waals surface area contributed by atoms with Gasteiger partial charge in [-0.25, -0.2) is 5.43 Å². The van der Waals surface area contributed by atoms with E-state index in [1.807, 2.05) is 27.0 Å². The zero-order chi connectivity index (χ0) is 13.3. The minimum Gasteiger partial charge on any atom is -0.467 e. The minimum atomic E-state index is -0.111. The van der Waals surface area contributed by atoms with Gasteiger partial charge in [0.2, 0.25) is 0 Å². The molecule has 1 atom stereocenters. The van der Waals surface area contributed by atoms with Gasteiger partial charge in [0.05, 0.1) is 18.0 Å². The lowest BCUT2D eigenvalue weighted by Gasteiger charge is -2.14. The van der Waals surface area contributed by atoms with Crippen LogP contribution >= 0.6 is 11.6 Å². The Balaban J connectivity index is 2.29. The summed E-state index contributed by atoms with van der Waals surface area (Å²) in [5, 5.41) is 4.92. The molecule has 0 radical (unpaired) electrons. The highest BCUT2D eigenvalue weighted by Crippen LogP contribution is 2.27. The van der Waals surface area contributed by atoms with E-state index in [9.17, 15) is 0 Å². The molecule has 0 saturated heterocycles. The number of aryl methyl sites for hydroxylation is 3. The predicted octanol–water partition coefficient (Wildman–Crippen LogP) is 2.03. The fourth-order valence-corrected chi connectivity index (χ4v) is 2.33. The van der Waals surface area contributed by atoms with E-state index in [4.69, 9.17) is 21.9 Å². The number of nitrogens with zero attached hydrogens (tertiary/aromatic N) is 2. The van der Waals surface area contributed by atoms with Crippen LogP contribution in [0.4, 0.5) is 0 Å². The number of hydrogen-bond acceptors (Lipinski definition) is 4. The standard InChI is InChI=1S/C12H17ClN4O/c1-7-4-5-18-11(7)10(15-14)6-9-8(2)16-17(3)12(9)13/h4-5,10,15H,6,14H2,1-3H3. The second kappa shape index (κ2) is 5.14. The highest BCUT2D eigenvalue weighted by molar-refractivity contribution is 6.30. The van der Waals surface area contributed by atoms with E-state index in [1.54, 1.807) is 10.9 Å². The molecule has 0 saturated carbocycles. The molecule has 98 valence electrons. The Kier molecular flexibility index (Phi) is 3.75. The van der Waals surface area contributed by atoms with Crippen molar-refractivity contribution < 1.29 is 4.42 Å². The topological polar surface area (TPSA) is 69.0 Å².